The minimum Gasteiger partial charge on any atom is -0.252 e. The van der Waals surface area contributed by atoms with Gasteiger partial charge in [-0.25, -0.2) is 0 Å². The van der Waals surface area contributed by atoms with Crippen LogP contribution in [0.25, 0.3) is 32.7 Å². The van der Waals surface area contributed by atoms with Crippen LogP contribution in [-0.4, -0.2) is 22.8 Å². The SMILES string of the molecule is C=C(C1=Nc2cc3cc4c(cc3cc2C1)N=C(C1=Nc2cc3cc5c(cc3cc2C1)N=C(C(=C)c1ccccc1)C5)C4)c1ccccc1. The minimum absolute atomic E-state index is 0.797. The third-order valence-corrected chi connectivity index (χ3v) is 10.2. The van der Waals surface area contributed by atoms with Crippen LogP contribution in [0.1, 0.15) is 33.4 Å². The van der Waals surface area contributed by atoms with Crippen molar-refractivity contribution in [2.45, 2.75) is 25.7 Å². The van der Waals surface area contributed by atoms with Crippen LogP contribution in [0.4, 0.5) is 22.7 Å². The first-order valence-electron chi connectivity index (χ1n) is 16.5. The lowest BCUT2D eigenvalue weighted by Crippen LogP contribution is -2.13. The van der Waals surface area contributed by atoms with E-state index in [0.29, 0.717) is 0 Å². The highest BCUT2D eigenvalue weighted by Gasteiger charge is 2.26. The van der Waals surface area contributed by atoms with Gasteiger partial charge in [0.1, 0.15) is 0 Å². The van der Waals surface area contributed by atoms with Crippen molar-refractivity contribution in [3.05, 3.63) is 156 Å². The zero-order valence-electron chi connectivity index (χ0n) is 26.4. The lowest BCUT2D eigenvalue weighted by molar-refractivity contribution is 1.38. The predicted molar refractivity (Wildman–Crippen MR) is 202 cm³/mol. The second-order valence-corrected chi connectivity index (χ2v) is 13.2. The number of aliphatic imine (C=N–C) groups is 4. The molecule has 4 heterocycles. The Labute approximate surface area is 279 Å². The predicted octanol–water partition coefficient (Wildman–Crippen LogP) is 10.6. The maximum absolute atomic E-state index is 5.13. The molecule has 0 fully saturated rings. The molecule has 0 amide bonds. The molecule has 4 nitrogen and oxygen atoms in total. The number of benzene rings is 6. The van der Waals surface area contributed by atoms with E-state index in [-0.39, 0.29) is 0 Å². The smallest absolute Gasteiger partial charge is 0.0676 e. The van der Waals surface area contributed by atoms with Crippen LogP contribution < -0.4 is 0 Å². The maximum atomic E-state index is 5.13. The fourth-order valence-corrected chi connectivity index (χ4v) is 7.58. The van der Waals surface area contributed by atoms with Gasteiger partial charge in [-0.05, 0) is 115 Å². The molecule has 10 rings (SSSR count). The van der Waals surface area contributed by atoms with Gasteiger partial charge in [-0.3, -0.25) is 20.0 Å². The molecule has 0 unspecified atom stereocenters. The van der Waals surface area contributed by atoms with E-state index in [1.165, 1.54) is 43.8 Å². The summed E-state index contributed by atoms with van der Waals surface area (Å²) in [7, 11) is 0. The van der Waals surface area contributed by atoms with Crippen LogP contribution >= 0.6 is 0 Å². The lowest BCUT2D eigenvalue weighted by Gasteiger charge is -2.06. The van der Waals surface area contributed by atoms with Crippen molar-refractivity contribution in [3.63, 3.8) is 0 Å². The number of fused-ring (bicyclic) bond motifs is 6. The van der Waals surface area contributed by atoms with Gasteiger partial charge in [0.25, 0.3) is 0 Å². The van der Waals surface area contributed by atoms with Crippen molar-refractivity contribution >= 4 is 78.3 Å². The fraction of sp³-hybridized carbons (Fsp3) is 0.0909. The molecule has 6 aromatic carbocycles. The van der Waals surface area contributed by atoms with Crippen LogP contribution in [-0.2, 0) is 25.7 Å². The van der Waals surface area contributed by atoms with Crippen LogP contribution in [0.3, 0.4) is 0 Å². The molecule has 4 aliphatic rings. The van der Waals surface area contributed by atoms with E-state index in [9.17, 15) is 0 Å². The average molecular weight is 615 g/mol. The number of allylic oxidation sites excluding steroid dienone is 2. The summed E-state index contributed by atoms with van der Waals surface area (Å²) >= 11 is 0. The molecule has 0 radical (unpaired) electrons. The van der Waals surface area contributed by atoms with Gasteiger partial charge in [-0.1, -0.05) is 73.8 Å². The van der Waals surface area contributed by atoms with Crippen LogP contribution in [0.15, 0.2) is 142 Å². The molecule has 0 saturated carbocycles. The van der Waals surface area contributed by atoms with Gasteiger partial charge in [0.2, 0.25) is 0 Å². The van der Waals surface area contributed by atoms with E-state index in [1.807, 2.05) is 36.4 Å². The number of nitrogens with zero attached hydrogens (tertiary/aromatic N) is 4. The number of hydrogen-bond acceptors (Lipinski definition) is 4. The monoisotopic (exact) mass is 614 g/mol. The Bertz CT molecular complexity index is 2380. The quantitative estimate of drug-likeness (QED) is 0.186. The van der Waals surface area contributed by atoms with Crippen LogP contribution in [0.2, 0.25) is 0 Å². The first-order valence-corrected chi connectivity index (χ1v) is 16.5. The van der Waals surface area contributed by atoms with E-state index in [1.54, 1.807) is 0 Å². The summed E-state index contributed by atoms with van der Waals surface area (Å²) in [6.45, 7) is 8.70. The summed E-state index contributed by atoms with van der Waals surface area (Å²) in [6.07, 6.45) is 3.19. The summed E-state index contributed by atoms with van der Waals surface area (Å²) in [5, 5.41) is 4.81. The highest BCUT2D eigenvalue weighted by atomic mass is 14.9. The van der Waals surface area contributed by atoms with E-state index in [0.717, 1.165) is 93.6 Å². The Hall–Kier alpha value is -6.00. The molecular weight excluding hydrogens is 585 g/mol. The summed E-state index contributed by atoms with van der Waals surface area (Å²) in [5.41, 5.74) is 17.7. The van der Waals surface area contributed by atoms with Gasteiger partial charge in [0.15, 0.2) is 0 Å². The van der Waals surface area contributed by atoms with Gasteiger partial charge < -0.3 is 0 Å². The van der Waals surface area contributed by atoms with Crippen LogP contribution in [0, 0.1) is 0 Å². The Morgan fingerprint density at radius 2 is 0.729 bits per heavy atom. The highest BCUT2D eigenvalue weighted by Crippen LogP contribution is 2.41. The van der Waals surface area contributed by atoms with Gasteiger partial charge in [0.05, 0.1) is 45.6 Å². The van der Waals surface area contributed by atoms with Gasteiger partial charge in [-0.15, -0.1) is 0 Å². The van der Waals surface area contributed by atoms with E-state index < -0.39 is 0 Å². The molecule has 226 valence electrons. The number of hydrogen-bond donors (Lipinski definition) is 0. The third-order valence-electron chi connectivity index (χ3n) is 10.2. The molecule has 0 N–H and O–H groups in total. The molecule has 0 aliphatic carbocycles. The van der Waals surface area contributed by atoms with E-state index in [4.69, 9.17) is 20.0 Å². The molecule has 48 heavy (non-hydrogen) atoms. The van der Waals surface area contributed by atoms with Crippen molar-refractivity contribution < 1.29 is 0 Å². The van der Waals surface area contributed by atoms with Crippen molar-refractivity contribution in [2.75, 3.05) is 0 Å². The standard InChI is InChI=1S/C44H30N4/c1-25(27-9-5-3-6-10-27)37-21-33-13-29-19-41-35(15-31(29)17-39(33)45-37)23-43(47-41)44-24-36-16-32-18-40-34(14-30(32)20-42(36)48-44)22-38(46-40)26(2)28-11-7-4-8-12-28/h3-20H,1-2,21-24H2. The molecule has 0 bridgehead atoms. The number of rotatable bonds is 5. The molecule has 4 heteroatoms. The zero-order chi connectivity index (χ0) is 31.9. The summed E-state index contributed by atoms with van der Waals surface area (Å²) < 4.78 is 0. The molecule has 0 aromatic heterocycles. The Kier molecular flexibility index (Phi) is 5.80. The molecule has 4 aliphatic heterocycles. The first-order chi connectivity index (χ1) is 23.5. The topological polar surface area (TPSA) is 49.4 Å². The zero-order valence-corrected chi connectivity index (χ0v) is 26.4. The first kappa shape index (κ1) is 27.1. The van der Waals surface area contributed by atoms with E-state index >= 15 is 0 Å². The molecule has 6 aromatic rings. The fourth-order valence-electron chi connectivity index (χ4n) is 7.58. The largest absolute Gasteiger partial charge is 0.252 e. The van der Waals surface area contributed by atoms with E-state index in [2.05, 4.69) is 86.0 Å². The normalized spacial score (nSPS) is 15.4. The second-order valence-electron chi connectivity index (χ2n) is 13.2. The van der Waals surface area contributed by atoms with Gasteiger partial charge in [0, 0.05) is 25.7 Å². The summed E-state index contributed by atoms with van der Waals surface area (Å²) in [5.74, 6) is 0. The maximum Gasteiger partial charge on any atom is 0.0676 e. The van der Waals surface area contributed by atoms with Crippen molar-refractivity contribution in [1.82, 2.24) is 0 Å². The molecule has 0 spiro atoms. The van der Waals surface area contributed by atoms with Gasteiger partial charge in [-0.2, -0.15) is 0 Å². The van der Waals surface area contributed by atoms with Crippen molar-refractivity contribution in [1.29, 1.82) is 0 Å². The minimum atomic E-state index is 0.797. The molecular formula is C44H30N4. The van der Waals surface area contributed by atoms with Gasteiger partial charge >= 0.3 is 0 Å². The molecule has 0 atom stereocenters. The third kappa shape index (κ3) is 4.37. The summed E-state index contributed by atoms with van der Waals surface area (Å²) in [6, 6.07) is 38.7. The second kappa shape index (κ2) is 10.2. The average Bonchev–Trinajstić information content (AvgIpc) is 3.91. The van der Waals surface area contributed by atoms with Crippen molar-refractivity contribution in [3.8, 4) is 0 Å². The Morgan fingerprint density at radius 3 is 1.10 bits per heavy atom. The molecule has 0 saturated heterocycles. The van der Waals surface area contributed by atoms with Crippen molar-refractivity contribution in [2.24, 2.45) is 20.0 Å². The summed E-state index contributed by atoms with van der Waals surface area (Å²) in [4.78, 5) is 20.3. The lowest BCUT2D eigenvalue weighted by atomic mass is 9.96. The van der Waals surface area contributed by atoms with Crippen LogP contribution in [0.5, 0.6) is 0 Å². The highest BCUT2D eigenvalue weighted by molar-refractivity contribution is 6.46. The Balaban J connectivity index is 0.896. The Morgan fingerprint density at radius 1 is 0.396 bits per heavy atom.